The van der Waals surface area contributed by atoms with Crippen LogP contribution in [-0.2, 0) is 0 Å². The second kappa shape index (κ2) is 7.09. The maximum absolute atomic E-state index is 8.39. The number of halogens is 1. The summed E-state index contributed by atoms with van der Waals surface area (Å²) in [6.07, 6.45) is 0. The zero-order valence-electron chi connectivity index (χ0n) is 8.39. The molecule has 4 heteroatoms. The maximum Gasteiger partial charge on any atom is 2.00 e. The molecule has 0 saturated carbocycles. The van der Waals surface area contributed by atoms with E-state index in [1.54, 1.807) is 0 Å². The van der Waals surface area contributed by atoms with E-state index < -0.39 is 0 Å². The molecule has 0 fully saturated rings. The van der Waals surface area contributed by atoms with Crippen LogP contribution in [0.4, 0.5) is 0 Å². The Morgan fingerprint density at radius 2 is 1.67 bits per heavy atom. The van der Waals surface area contributed by atoms with E-state index in [1.165, 1.54) is 0 Å². The summed E-state index contributed by atoms with van der Waals surface area (Å²) in [5.41, 5.74) is 0. The molecule has 0 aliphatic rings. The zero-order chi connectivity index (χ0) is 5.91. The van der Waals surface area contributed by atoms with Gasteiger partial charge in [0, 0.05) is 0 Å². The minimum atomic E-state index is 0. The van der Waals surface area contributed by atoms with Gasteiger partial charge in [-0.15, -0.1) is 0 Å². The van der Waals surface area contributed by atoms with Crippen molar-refractivity contribution in [2.75, 3.05) is 34.3 Å². The Bertz CT molecular complexity index is 62.9. The Labute approximate surface area is 82.4 Å². The van der Waals surface area contributed by atoms with E-state index >= 15 is 0 Å². The van der Waals surface area contributed by atoms with E-state index in [0.717, 1.165) is 11.0 Å². The van der Waals surface area contributed by atoms with Gasteiger partial charge < -0.3 is 24.8 Å². The molecule has 0 bridgehead atoms. The van der Waals surface area contributed by atoms with E-state index in [2.05, 4.69) is 21.1 Å². The Hall–Kier alpha value is 0.976. The molecule has 0 aromatic heterocycles. The van der Waals surface area contributed by atoms with Gasteiger partial charge in [0.05, 0.1) is 27.7 Å². The van der Waals surface area contributed by atoms with Crippen LogP contribution in [0, 0.1) is 0 Å². The molecular weight excluding hydrogens is 150 g/mol. The second-order valence-electron chi connectivity index (χ2n) is 2.74. The van der Waals surface area contributed by atoms with Crippen molar-refractivity contribution in [1.29, 1.82) is 0 Å². The molecule has 56 valence electrons. The van der Waals surface area contributed by atoms with Gasteiger partial charge in [0.1, 0.15) is 6.54 Å². The number of rotatable bonds is 2. The first-order valence-corrected chi connectivity index (χ1v) is 2.47. The fourth-order valence-corrected chi connectivity index (χ4v) is 0.300. The molecule has 0 unspecified atom stereocenters. The number of hydrogen-bond acceptors (Lipinski definition) is 1. The van der Waals surface area contributed by atoms with Crippen molar-refractivity contribution >= 4 is 23.1 Å². The summed E-state index contributed by atoms with van der Waals surface area (Å²) < 4.78 is 0.844. The summed E-state index contributed by atoms with van der Waals surface area (Å²) in [6, 6.07) is 0. The molecule has 0 radical (unpaired) electrons. The normalized spacial score (nSPS) is 9.33. The van der Waals surface area contributed by atoms with E-state index in [0.29, 0.717) is 0 Å². The summed E-state index contributed by atoms with van der Waals surface area (Å²) in [7, 11) is 6.16. The second-order valence-corrected chi connectivity index (χ2v) is 2.74. The van der Waals surface area contributed by atoms with Crippen LogP contribution < -0.4 is 12.4 Å². The van der Waals surface area contributed by atoms with Gasteiger partial charge in [-0.05, 0) is 0 Å². The fraction of sp³-hybridized carbons (Fsp3) is 1.00. The number of nitrogens with zero attached hydrogens (tertiary/aromatic N) is 1. The third kappa shape index (κ3) is 17.6. The van der Waals surface area contributed by atoms with Gasteiger partial charge in [0.25, 0.3) is 0 Å². The first-order valence-electron chi connectivity index (χ1n) is 2.47. The van der Waals surface area contributed by atoms with E-state index in [4.69, 9.17) is 5.11 Å². The number of likely N-dealkylation sites (N-methyl/N-ethyl adjacent to an activating group) is 1. The van der Waals surface area contributed by atoms with Crippen LogP contribution in [0.25, 0.3) is 0 Å². The van der Waals surface area contributed by atoms with Crippen LogP contribution in [0.2, 0.25) is 0 Å². The van der Waals surface area contributed by atoms with Crippen LogP contribution in [0.3, 0.4) is 0 Å². The van der Waals surface area contributed by atoms with Gasteiger partial charge in [-0.3, -0.25) is 0 Å². The van der Waals surface area contributed by atoms with Crippen molar-refractivity contribution < 1.29 is 24.8 Å². The predicted octanol–water partition coefficient (Wildman–Crippen LogP) is -3.47. The monoisotopic (exact) mass is 165 g/mol. The smallest absolute Gasteiger partial charge is 1.00 e. The standard InChI is InChI=1S/C5H14NO.ClH.Mg.2H/c1-6(2,3)4-5-7;;;;/h7H,4-5H2,1-3H3;1H;;;/q+1;;+2;2*-1/p-1. The molecule has 9 heavy (non-hydrogen) atoms. The van der Waals surface area contributed by atoms with Crippen molar-refractivity contribution in [2.45, 2.75) is 0 Å². The van der Waals surface area contributed by atoms with Crippen LogP contribution in [-0.4, -0.2) is 66.9 Å². The average Bonchev–Trinajstić information content (AvgIpc) is 1.30. The molecule has 2 nitrogen and oxygen atoms in total. The van der Waals surface area contributed by atoms with Crippen LogP contribution in [0.15, 0.2) is 0 Å². The molecule has 0 saturated heterocycles. The van der Waals surface area contributed by atoms with Gasteiger partial charge >= 0.3 is 23.1 Å². The molecule has 0 spiro atoms. The quantitative estimate of drug-likeness (QED) is 0.334. The summed E-state index contributed by atoms with van der Waals surface area (Å²) in [6.45, 7) is 1.11. The van der Waals surface area contributed by atoms with E-state index in [1.807, 2.05) is 0 Å². The minimum Gasteiger partial charge on any atom is -1.00 e. The van der Waals surface area contributed by atoms with Crippen molar-refractivity contribution in [3.8, 4) is 0 Å². The number of aliphatic hydroxyl groups is 1. The number of aliphatic hydroxyl groups excluding tert-OH is 1. The SMILES string of the molecule is C[N+](C)(C)CCO.[Cl-].[H-].[H-].[Mg+2]. The maximum atomic E-state index is 8.39. The molecule has 0 heterocycles. The Morgan fingerprint density at radius 3 is 1.67 bits per heavy atom. The van der Waals surface area contributed by atoms with Gasteiger partial charge in [0.15, 0.2) is 0 Å². The van der Waals surface area contributed by atoms with Crippen LogP contribution in [0.1, 0.15) is 2.85 Å². The van der Waals surface area contributed by atoms with Gasteiger partial charge in [0.2, 0.25) is 0 Å². The van der Waals surface area contributed by atoms with Crippen molar-refractivity contribution in [3.05, 3.63) is 0 Å². The number of quaternary nitrogens is 1. The van der Waals surface area contributed by atoms with Crippen LogP contribution >= 0.6 is 0 Å². The average molecular weight is 166 g/mol. The van der Waals surface area contributed by atoms with Crippen molar-refractivity contribution in [2.24, 2.45) is 0 Å². The van der Waals surface area contributed by atoms with Crippen molar-refractivity contribution in [1.82, 2.24) is 0 Å². The third-order valence-electron chi connectivity index (χ3n) is 0.771. The third-order valence-corrected chi connectivity index (χ3v) is 0.771. The summed E-state index contributed by atoms with van der Waals surface area (Å²) in [5, 5.41) is 8.39. The molecule has 0 amide bonds. The number of hydrogen-bond donors (Lipinski definition) is 1. The Kier molecular flexibility index (Phi) is 13.0. The summed E-state index contributed by atoms with van der Waals surface area (Å²) in [5.74, 6) is 0. The van der Waals surface area contributed by atoms with E-state index in [9.17, 15) is 0 Å². The van der Waals surface area contributed by atoms with Gasteiger partial charge in [-0.1, -0.05) is 0 Å². The summed E-state index contributed by atoms with van der Waals surface area (Å²) in [4.78, 5) is 0. The van der Waals surface area contributed by atoms with Crippen LogP contribution in [0.5, 0.6) is 0 Å². The fourth-order valence-electron chi connectivity index (χ4n) is 0.300. The minimum absolute atomic E-state index is 0. The topological polar surface area (TPSA) is 20.2 Å². The molecule has 0 atom stereocenters. The largest absolute Gasteiger partial charge is 2.00 e. The molecule has 0 aliphatic carbocycles. The first kappa shape index (κ1) is 16.5. The Morgan fingerprint density at radius 1 is 1.33 bits per heavy atom. The molecule has 0 aromatic carbocycles. The van der Waals surface area contributed by atoms with Gasteiger partial charge in [-0.2, -0.15) is 0 Å². The molecule has 1 N–H and O–H groups in total. The molecule has 0 rings (SSSR count). The Balaban J connectivity index is -0.0000000300. The van der Waals surface area contributed by atoms with Crippen molar-refractivity contribution in [3.63, 3.8) is 0 Å². The van der Waals surface area contributed by atoms with E-state index in [-0.39, 0.29) is 44.9 Å². The predicted molar refractivity (Wildman–Crippen MR) is 38.0 cm³/mol. The summed E-state index contributed by atoms with van der Waals surface area (Å²) >= 11 is 0. The molecule has 0 aromatic rings. The molecule has 0 aliphatic heterocycles. The van der Waals surface area contributed by atoms with Gasteiger partial charge in [-0.25, -0.2) is 0 Å². The molecular formula is C5H16ClMgNO. The first-order chi connectivity index (χ1) is 3.06. The zero-order valence-corrected chi connectivity index (χ0v) is 8.56.